The summed E-state index contributed by atoms with van der Waals surface area (Å²) in [4.78, 5) is 64.9. The van der Waals surface area contributed by atoms with Gasteiger partial charge >= 0.3 is 0 Å². The minimum atomic E-state index is -1.07. The van der Waals surface area contributed by atoms with Crippen LogP contribution in [-0.2, 0) is 19.1 Å². The molecule has 36 heavy (non-hydrogen) atoms. The minimum absolute atomic E-state index is 0.00185. The maximum Gasteiger partial charge on any atom is 0.266 e. The first kappa shape index (κ1) is 25.7. The number of nitrogens with zero attached hydrogens (tertiary/aromatic N) is 2. The average molecular weight is 502 g/mol. The lowest BCUT2D eigenvalue weighted by molar-refractivity contribution is -0.136. The van der Waals surface area contributed by atoms with Gasteiger partial charge in [0, 0.05) is 25.6 Å². The molecule has 3 aliphatic heterocycles. The van der Waals surface area contributed by atoms with E-state index in [1.165, 1.54) is 18.2 Å². The van der Waals surface area contributed by atoms with Gasteiger partial charge in [-0.2, -0.15) is 0 Å². The standard InChI is InChI=1S/C24H31N5O7/c25-15-6-9-28(10-7-15)11-13-35-12-8-26-20(31)14-36-18-3-1-2-16-21(18)24(34)29(23(16)33)17-4-5-19(30)27-22(17)32/h1-3,15,17H,4-14,25H2,(H,26,31)(H,27,30,32). The summed E-state index contributed by atoms with van der Waals surface area (Å²) >= 11 is 0. The Morgan fingerprint density at radius 3 is 2.61 bits per heavy atom. The van der Waals surface area contributed by atoms with E-state index in [2.05, 4.69) is 15.5 Å². The van der Waals surface area contributed by atoms with Crippen molar-refractivity contribution >= 4 is 29.5 Å². The second-order valence-electron chi connectivity index (χ2n) is 9.06. The highest BCUT2D eigenvalue weighted by molar-refractivity contribution is 6.24. The Balaban J connectivity index is 1.22. The predicted octanol–water partition coefficient (Wildman–Crippen LogP) is -0.977. The molecule has 0 bridgehead atoms. The lowest BCUT2D eigenvalue weighted by Gasteiger charge is -2.29. The molecule has 4 rings (SSSR count). The molecular weight excluding hydrogens is 470 g/mol. The largest absolute Gasteiger partial charge is 0.483 e. The van der Waals surface area contributed by atoms with Crippen LogP contribution in [-0.4, -0.2) is 97.4 Å². The number of ether oxygens (including phenoxy) is 2. The summed E-state index contributed by atoms with van der Waals surface area (Å²) in [5.74, 6) is -2.78. The van der Waals surface area contributed by atoms with E-state index in [0.29, 0.717) is 25.8 Å². The second kappa shape index (κ2) is 11.6. The summed E-state index contributed by atoms with van der Waals surface area (Å²) in [6.07, 6.45) is 2.08. The minimum Gasteiger partial charge on any atom is -0.483 e. The molecular formula is C24H31N5O7. The van der Waals surface area contributed by atoms with Crippen LogP contribution in [0.3, 0.4) is 0 Å². The Morgan fingerprint density at radius 2 is 1.86 bits per heavy atom. The van der Waals surface area contributed by atoms with Gasteiger partial charge in [0.2, 0.25) is 11.8 Å². The molecule has 1 aromatic carbocycles. The molecule has 0 saturated carbocycles. The molecule has 12 heteroatoms. The number of fused-ring (bicyclic) bond motifs is 1. The van der Waals surface area contributed by atoms with E-state index in [4.69, 9.17) is 15.2 Å². The maximum absolute atomic E-state index is 13.0. The van der Waals surface area contributed by atoms with E-state index in [-0.39, 0.29) is 36.3 Å². The molecule has 0 spiro atoms. The number of nitrogens with one attached hydrogen (secondary N) is 2. The summed E-state index contributed by atoms with van der Waals surface area (Å²) in [7, 11) is 0. The van der Waals surface area contributed by atoms with Crippen molar-refractivity contribution in [3.63, 3.8) is 0 Å². The zero-order chi connectivity index (χ0) is 25.7. The molecule has 3 aliphatic rings. The fourth-order valence-electron chi connectivity index (χ4n) is 4.53. The first-order valence-corrected chi connectivity index (χ1v) is 12.1. The van der Waals surface area contributed by atoms with Crippen LogP contribution in [0.2, 0.25) is 0 Å². The average Bonchev–Trinajstić information content (AvgIpc) is 3.11. The predicted molar refractivity (Wildman–Crippen MR) is 126 cm³/mol. The van der Waals surface area contributed by atoms with Crippen LogP contribution in [0.15, 0.2) is 18.2 Å². The number of hydrogen-bond acceptors (Lipinski definition) is 9. The van der Waals surface area contributed by atoms with Crippen LogP contribution in [0.5, 0.6) is 5.75 Å². The molecule has 5 amide bonds. The Bertz CT molecular complexity index is 1040. The van der Waals surface area contributed by atoms with Gasteiger partial charge in [0.15, 0.2) is 6.61 Å². The molecule has 2 saturated heterocycles. The first-order chi connectivity index (χ1) is 17.3. The number of rotatable bonds is 10. The van der Waals surface area contributed by atoms with E-state index in [1.807, 2.05) is 0 Å². The van der Waals surface area contributed by atoms with Gasteiger partial charge in [-0.25, -0.2) is 0 Å². The topological polar surface area (TPSA) is 160 Å². The lowest BCUT2D eigenvalue weighted by atomic mass is 10.0. The van der Waals surface area contributed by atoms with Gasteiger partial charge in [-0.1, -0.05) is 6.07 Å². The van der Waals surface area contributed by atoms with Crippen molar-refractivity contribution in [2.24, 2.45) is 5.73 Å². The summed E-state index contributed by atoms with van der Waals surface area (Å²) in [5, 5.41) is 4.84. The molecule has 0 radical (unpaired) electrons. The Labute approximate surface area is 208 Å². The highest BCUT2D eigenvalue weighted by Gasteiger charge is 2.46. The molecule has 194 valence electrons. The molecule has 12 nitrogen and oxygen atoms in total. The van der Waals surface area contributed by atoms with E-state index in [9.17, 15) is 24.0 Å². The van der Waals surface area contributed by atoms with Crippen molar-refractivity contribution in [1.29, 1.82) is 0 Å². The lowest BCUT2D eigenvalue weighted by Crippen LogP contribution is -2.54. The number of likely N-dealkylation sites (tertiary alicyclic amines) is 1. The second-order valence-corrected chi connectivity index (χ2v) is 9.06. The van der Waals surface area contributed by atoms with Crippen LogP contribution >= 0.6 is 0 Å². The number of nitrogens with two attached hydrogens (primary N) is 1. The molecule has 1 atom stereocenters. The molecule has 0 aliphatic carbocycles. The van der Waals surface area contributed by atoms with Gasteiger partial charge in [0.25, 0.3) is 17.7 Å². The monoisotopic (exact) mass is 501 g/mol. The normalized spacial score (nSPS) is 20.9. The van der Waals surface area contributed by atoms with Gasteiger partial charge < -0.3 is 25.4 Å². The fraction of sp³-hybridized carbons (Fsp3) is 0.542. The number of piperidine rings is 2. The fourth-order valence-corrected chi connectivity index (χ4v) is 4.53. The maximum atomic E-state index is 13.0. The molecule has 4 N–H and O–H groups in total. The van der Waals surface area contributed by atoms with Crippen molar-refractivity contribution < 1.29 is 33.4 Å². The van der Waals surface area contributed by atoms with Gasteiger partial charge in [0.1, 0.15) is 11.8 Å². The summed E-state index contributed by atoms with van der Waals surface area (Å²) in [5.41, 5.74) is 5.99. The molecule has 3 heterocycles. The van der Waals surface area contributed by atoms with Gasteiger partial charge in [0.05, 0.1) is 24.3 Å². The van der Waals surface area contributed by atoms with Crippen molar-refractivity contribution in [2.75, 3.05) is 46.0 Å². The van der Waals surface area contributed by atoms with E-state index in [1.54, 1.807) is 0 Å². The zero-order valence-corrected chi connectivity index (χ0v) is 20.0. The summed E-state index contributed by atoms with van der Waals surface area (Å²) in [6.45, 7) is 3.64. The van der Waals surface area contributed by atoms with Gasteiger partial charge in [-0.3, -0.25) is 34.2 Å². The summed E-state index contributed by atoms with van der Waals surface area (Å²) < 4.78 is 11.1. The third-order valence-corrected chi connectivity index (χ3v) is 6.54. The molecule has 2 fully saturated rings. The molecule has 1 unspecified atom stereocenters. The van der Waals surface area contributed by atoms with Crippen LogP contribution < -0.4 is 21.1 Å². The van der Waals surface area contributed by atoms with Gasteiger partial charge in [-0.15, -0.1) is 0 Å². The van der Waals surface area contributed by atoms with E-state index in [0.717, 1.165) is 37.4 Å². The SMILES string of the molecule is NC1CCN(CCOCCNC(=O)COc2cccc3c2C(=O)N(C2CCC(=O)NC2=O)C3=O)CC1. The highest BCUT2D eigenvalue weighted by atomic mass is 16.5. The number of amides is 5. The van der Waals surface area contributed by atoms with Crippen molar-refractivity contribution in [3.05, 3.63) is 29.3 Å². The number of hydrogen-bond donors (Lipinski definition) is 3. The zero-order valence-electron chi connectivity index (χ0n) is 20.0. The third-order valence-electron chi connectivity index (χ3n) is 6.54. The van der Waals surface area contributed by atoms with Crippen molar-refractivity contribution in [2.45, 2.75) is 37.8 Å². The highest BCUT2D eigenvalue weighted by Crippen LogP contribution is 2.33. The number of carbonyl (C=O) groups is 5. The summed E-state index contributed by atoms with van der Waals surface area (Å²) in [6, 6.07) is 3.71. The molecule has 1 aromatic rings. The van der Waals surface area contributed by atoms with Gasteiger partial charge in [-0.05, 0) is 44.5 Å². The van der Waals surface area contributed by atoms with Crippen molar-refractivity contribution in [3.8, 4) is 5.75 Å². The van der Waals surface area contributed by atoms with Crippen LogP contribution in [0.1, 0.15) is 46.4 Å². The quantitative estimate of drug-likeness (QED) is 0.270. The molecule has 0 aromatic heterocycles. The number of carbonyl (C=O) groups excluding carboxylic acids is 5. The Morgan fingerprint density at radius 1 is 1.08 bits per heavy atom. The first-order valence-electron chi connectivity index (χ1n) is 12.1. The Kier molecular flexibility index (Phi) is 8.28. The Hall–Kier alpha value is -3.35. The van der Waals surface area contributed by atoms with Crippen LogP contribution in [0, 0.1) is 0 Å². The van der Waals surface area contributed by atoms with Crippen molar-refractivity contribution in [1.82, 2.24) is 20.4 Å². The third kappa shape index (κ3) is 5.89. The smallest absolute Gasteiger partial charge is 0.266 e. The van der Waals surface area contributed by atoms with Crippen LogP contribution in [0.25, 0.3) is 0 Å². The van der Waals surface area contributed by atoms with Crippen LogP contribution in [0.4, 0.5) is 0 Å². The van der Waals surface area contributed by atoms with E-state index < -0.39 is 35.6 Å². The van der Waals surface area contributed by atoms with E-state index >= 15 is 0 Å². The number of imide groups is 2. The number of benzene rings is 1.